The van der Waals surface area contributed by atoms with E-state index in [-0.39, 0.29) is 12.0 Å². The molecule has 0 saturated heterocycles. The van der Waals surface area contributed by atoms with E-state index in [1.807, 2.05) is 0 Å². The third-order valence-electron chi connectivity index (χ3n) is 13.8. The van der Waals surface area contributed by atoms with Crippen molar-refractivity contribution in [3.8, 4) is 22.3 Å². The molecule has 1 aliphatic rings. The zero-order valence-corrected chi connectivity index (χ0v) is 34.8. The summed E-state index contributed by atoms with van der Waals surface area (Å²) in [6, 6.07) is 75.4. The van der Waals surface area contributed by atoms with Crippen molar-refractivity contribution in [2.24, 2.45) is 15.9 Å². The highest BCUT2D eigenvalue weighted by Gasteiger charge is 2.35. The summed E-state index contributed by atoms with van der Waals surface area (Å²) in [4.78, 5) is 11.3. The van der Waals surface area contributed by atoms with E-state index < -0.39 is 0 Å². The summed E-state index contributed by atoms with van der Waals surface area (Å²) in [6.45, 7) is 2.30. The molecule has 3 heterocycles. The van der Waals surface area contributed by atoms with Crippen molar-refractivity contribution in [1.82, 2.24) is 4.40 Å². The van der Waals surface area contributed by atoms with Crippen LogP contribution >= 0.6 is 0 Å². The standard InChI is InChI=1S/C60H41N3/c1-2-42-57(39-18-7-4-8-19-39)61-60(40-30-28-38(29-31-40)37-16-5-3-6-17-37)62-58(42)50-34-35-54-56(51-26-15-25-49-48-24-13-14-27-53(48)63(54)59(49)51)55(50)41-32-33-47-45-22-10-9-20-43(45)44-21-11-12-23-46(44)52(47)36-41/h3-36,42,58H,2H2,1H3. The Morgan fingerprint density at radius 3 is 1.65 bits per heavy atom. The molecule has 13 rings (SSSR count). The van der Waals surface area contributed by atoms with Gasteiger partial charge in [-0.3, -0.25) is 4.99 Å². The van der Waals surface area contributed by atoms with Crippen LogP contribution in [0.2, 0.25) is 0 Å². The second-order valence-electron chi connectivity index (χ2n) is 17.0. The number of benzene rings is 10. The lowest BCUT2D eigenvalue weighted by atomic mass is 9.79. The molecule has 2 unspecified atom stereocenters. The summed E-state index contributed by atoms with van der Waals surface area (Å²) >= 11 is 0. The van der Waals surface area contributed by atoms with E-state index in [1.54, 1.807) is 0 Å². The van der Waals surface area contributed by atoms with Crippen molar-refractivity contribution in [1.29, 1.82) is 0 Å². The average Bonchev–Trinajstić information content (AvgIpc) is 3.89. The highest BCUT2D eigenvalue weighted by Crippen LogP contribution is 2.49. The first-order valence-corrected chi connectivity index (χ1v) is 22.1. The van der Waals surface area contributed by atoms with Gasteiger partial charge in [-0.15, -0.1) is 0 Å². The quantitative estimate of drug-likeness (QED) is 0.150. The van der Waals surface area contributed by atoms with Gasteiger partial charge in [0, 0.05) is 33.0 Å². The van der Waals surface area contributed by atoms with E-state index in [4.69, 9.17) is 9.98 Å². The van der Waals surface area contributed by atoms with Crippen LogP contribution in [0, 0.1) is 5.92 Å². The van der Waals surface area contributed by atoms with Crippen molar-refractivity contribution < 1.29 is 0 Å². The van der Waals surface area contributed by atoms with Gasteiger partial charge in [0.15, 0.2) is 5.84 Å². The third kappa shape index (κ3) is 5.39. The van der Waals surface area contributed by atoms with Crippen LogP contribution in [0.4, 0.5) is 0 Å². The number of para-hydroxylation sites is 2. The Balaban J connectivity index is 1.12. The van der Waals surface area contributed by atoms with Crippen molar-refractivity contribution in [2.45, 2.75) is 19.4 Å². The molecule has 0 radical (unpaired) electrons. The summed E-state index contributed by atoms with van der Waals surface area (Å²) < 4.78 is 2.50. The smallest absolute Gasteiger partial charge is 0.155 e. The minimum atomic E-state index is -0.202. The summed E-state index contributed by atoms with van der Waals surface area (Å²) in [5.41, 5.74) is 13.0. The van der Waals surface area contributed by atoms with Gasteiger partial charge in [0.2, 0.25) is 0 Å². The number of rotatable bonds is 6. The van der Waals surface area contributed by atoms with Crippen LogP contribution in [0.25, 0.3) is 92.7 Å². The minimum absolute atomic E-state index is 0.0405. The molecule has 0 fully saturated rings. The normalized spacial score (nSPS) is 15.6. The van der Waals surface area contributed by atoms with Crippen molar-refractivity contribution >= 4 is 82.0 Å². The Kier molecular flexibility index (Phi) is 8.01. The summed E-state index contributed by atoms with van der Waals surface area (Å²) in [6.07, 6.45) is 0.882. The first-order valence-electron chi connectivity index (χ1n) is 22.1. The van der Waals surface area contributed by atoms with Crippen molar-refractivity contribution in [2.75, 3.05) is 0 Å². The van der Waals surface area contributed by atoms with Crippen LogP contribution in [-0.2, 0) is 0 Å². The predicted octanol–water partition coefficient (Wildman–Crippen LogP) is 15.6. The van der Waals surface area contributed by atoms with Gasteiger partial charge in [0.1, 0.15) is 0 Å². The molecule has 3 nitrogen and oxygen atoms in total. The molecule has 3 heteroatoms. The number of fused-ring (bicyclic) bond motifs is 12. The van der Waals surface area contributed by atoms with E-state index in [1.165, 1.54) is 98.2 Å². The number of amidine groups is 1. The number of aliphatic imine (C=N–C) groups is 2. The summed E-state index contributed by atoms with van der Waals surface area (Å²) in [7, 11) is 0. The highest BCUT2D eigenvalue weighted by atomic mass is 15.0. The Hall–Kier alpha value is -7.88. The molecule has 0 spiro atoms. The molecule has 0 bridgehead atoms. The topological polar surface area (TPSA) is 29.1 Å². The molecule has 63 heavy (non-hydrogen) atoms. The molecule has 0 amide bonds. The zero-order chi connectivity index (χ0) is 41.6. The monoisotopic (exact) mass is 803 g/mol. The van der Waals surface area contributed by atoms with Crippen LogP contribution in [-0.4, -0.2) is 15.9 Å². The van der Waals surface area contributed by atoms with Gasteiger partial charge in [-0.25, -0.2) is 4.99 Å². The average molecular weight is 804 g/mol. The maximum Gasteiger partial charge on any atom is 0.155 e. The van der Waals surface area contributed by atoms with Crippen molar-refractivity contribution in [3.05, 3.63) is 223 Å². The van der Waals surface area contributed by atoms with E-state index >= 15 is 0 Å². The lowest BCUT2D eigenvalue weighted by molar-refractivity contribution is 0.534. The second-order valence-corrected chi connectivity index (χ2v) is 17.0. The highest BCUT2D eigenvalue weighted by molar-refractivity contribution is 6.28. The fourth-order valence-electron chi connectivity index (χ4n) is 10.9. The largest absolute Gasteiger partial charge is 0.308 e. The second kappa shape index (κ2) is 14.1. The van der Waals surface area contributed by atoms with E-state index in [2.05, 4.69) is 218 Å². The van der Waals surface area contributed by atoms with Crippen LogP contribution in [0.1, 0.15) is 36.1 Å². The number of hydrogen-bond donors (Lipinski definition) is 0. The van der Waals surface area contributed by atoms with Gasteiger partial charge in [-0.05, 0) is 90.3 Å². The Morgan fingerprint density at radius 2 is 0.952 bits per heavy atom. The Labute approximate surface area is 365 Å². The third-order valence-corrected chi connectivity index (χ3v) is 13.8. The van der Waals surface area contributed by atoms with E-state index in [0.717, 1.165) is 29.1 Å². The zero-order valence-electron chi connectivity index (χ0n) is 34.8. The number of hydrogen-bond acceptors (Lipinski definition) is 2. The minimum Gasteiger partial charge on any atom is -0.308 e. The molecular formula is C60H41N3. The molecule has 10 aromatic carbocycles. The summed E-state index contributed by atoms with van der Waals surface area (Å²) in [5.74, 6) is 0.809. The van der Waals surface area contributed by atoms with E-state index in [0.29, 0.717) is 0 Å². The molecule has 0 saturated carbocycles. The molecule has 0 N–H and O–H groups in total. The van der Waals surface area contributed by atoms with Crippen LogP contribution in [0.5, 0.6) is 0 Å². The van der Waals surface area contributed by atoms with Gasteiger partial charge in [-0.1, -0.05) is 195 Å². The van der Waals surface area contributed by atoms with Crippen LogP contribution in [0.15, 0.2) is 216 Å². The SMILES string of the molecule is CCC1C(c2ccccc2)=NC(c2ccc(-c3ccccc3)cc2)=NC1c1ccc2c(c1-c1ccc3c4ccccc4c4ccccc4c3c1)c1cccc3c4ccccc4n2c31. The number of nitrogens with zero attached hydrogens (tertiary/aromatic N) is 3. The van der Waals surface area contributed by atoms with Gasteiger partial charge in [0.05, 0.1) is 28.3 Å². The molecule has 2 aromatic heterocycles. The van der Waals surface area contributed by atoms with Gasteiger partial charge >= 0.3 is 0 Å². The van der Waals surface area contributed by atoms with Gasteiger partial charge < -0.3 is 4.40 Å². The molecule has 296 valence electrons. The summed E-state index contributed by atoms with van der Waals surface area (Å²) in [5, 5.41) is 12.7. The maximum atomic E-state index is 5.78. The fraction of sp³-hybridized carbons (Fsp3) is 0.0667. The Morgan fingerprint density at radius 1 is 0.413 bits per heavy atom. The lowest BCUT2D eigenvalue weighted by Gasteiger charge is -2.31. The van der Waals surface area contributed by atoms with Crippen LogP contribution in [0.3, 0.4) is 0 Å². The predicted molar refractivity (Wildman–Crippen MR) is 267 cm³/mol. The number of aromatic nitrogens is 1. The fourth-order valence-corrected chi connectivity index (χ4v) is 10.9. The maximum absolute atomic E-state index is 5.78. The molecule has 1 aliphatic heterocycles. The van der Waals surface area contributed by atoms with E-state index in [9.17, 15) is 0 Å². The Bertz CT molecular complexity index is 3780. The lowest BCUT2D eigenvalue weighted by Crippen LogP contribution is -2.28. The van der Waals surface area contributed by atoms with Crippen LogP contribution < -0.4 is 0 Å². The molecule has 2 atom stereocenters. The molecule has 12 aromatic rings. The molecule has 0 aliphatic carbocycles. The van der Waals surface area contributed by atoms with Crippen molar-refractivity contribution in [3.63, 3.8) is 0 Å². The van der Waals surface area contributed by atoms with Gasteiger partial charge in [-0.2, -0.15) is 0 Å². The first-order chi connectivity index (χ1) is 31.2. The van der Waals surface area contributed by atoms with Gasteiger partial charge in [0.25, 0.3) is 0 Å². The molecular weight excluding hydrogens is 763 g/mol. The first kappa shape index (κ1) is 35.8.